The summed E-state index contributed by atoms with van der Waals surface area (Å²) in [6.07, 6.45) is 71.0. The summed E-state index contributed by atoms with van der Waals surface area (Å²) in [5.74, 6) is -0.463. The highest BCUT2D eigenvalue weighted by molar-refractivity contribution is 5.70. The van der Waals surface area contributed by atoms with E-state index in [1.165, 1.54) is 51.4 Å². The fraction of sp³-hybridized carbons (Fsp3) is 0.649. The molecule has 0 N–H and O–H groups in total. The van der Waals surface area contributed by atoms with Gasteiger partial charge in [0.1, 0.15) is 6.61 Å². The predicted octanol–water partition coefficient (Wildman–Crippen LogP) is 17.2. The highest BCUT2D eigenvalue weighted by atomic mass is 16.6. The highest BCUT2D eigenvalue weighted by Gasteiger charge is 2.17. The summed E-state index contributed by atoms with van der Waals surface area (Å²) >= 11 is 0. The van der Waals surface area contributed by atoms with Crippen molar-refractivity contribution in [1.82, 2.24) is 0 Å². The molecule has 1 atom stereocenters. The fourth-order valence-corrected chi connectivity index (χ4v) is 6.54. The van der Waals surface area contributed by atoms with Crippen LogP contribution in [-0.2, 0) is 23.8 Å². The van der Waals surface area contributed by atoms with E-state index in [0.29, 0.717) is 19.4 Å². The van der Waals surface area contributed by atoms with E-state index in [4.69, 9.17) is 14.2 Å². The minimum absolute atomic E-state index is 0.0500. The zero-order valence-corrected chi connectivity index (χ0v) is 40.3. The molecule has 0 spiro atoms. The molecular formula is C57H94O5. The second-order valence-corrected chi connectivity index (χ2v) is 16.3. The monoisotopic (exact) mass is 859 g/mol. The first-order valence-corrected chi connectivity index (χ1v) is 25.4. The molecule has 352 valence electrons. The summed E-state index contributed by atoms with van der Waals surface area (Å²) in [5.41, 5.74) is 0. The Balaban J connectivity index is 4.38. The number of hydrogen-bond acceptors (Lipinski definition) is 5. The zero-order chi connectivity index (χ0) is 44.9. The van der Waals surface area contributed by atoms with Gasteiger partial charge in [-0.25, -0.2) is 0 Å². The van der Waals surface area contributed by atoms with Crippen LogP contribution in [0.2, 0.25) is 0 Å². The summed E-state index contributed by atoms with van der Waals surface area (Å²) in [4.78, 5) is 25.3. The maximum atomic E-state index is 12.8. The molecule has 0 aliphatic rings. The molecular weight excluding hydrogens is 765 g/mol. The largest absolute Gasteiger partial charge is 0.462 e. The van der Waals surface area contributed by atoms with E-state index < -0.39 is 6.10 Å². The van der Waals surface area contributed by atoms with Crippen LogP contribution in [0.1, 0.15) is 213 Å². The fourth-order valence-electron chi connectivity index (χ4n) is 6.54. The third kappa shape index (κ3) is 49.2. The number of unbranched alkanes of at least 4 members (excludes halogenated alkanes) is 16. The van der Waals surface area contributed by atoms with Gasteiger partial charge in [-0.2, -0.15) is 0 Å². The Labute approximate surface area is 383 Å². The van der Waals surface area contributed by atoms with Crippen molar-refractivity contribution in [2.24, 2.45) is 0 Å². The van der Waals surface area contributed by atoms with Crippen molar-refractivity contribution in [2.75, 3.05) is 19.8 Å². The van der Waals surface area contributed by atoms with Crippen LogP contribution in [0, 0.1) is 0 Å². The average molecular weight is 859 g/mol. The van der Waals surface area contributed by atoms with Crippen molar-refractivity contribution < 1.29 is 23.8 Å². The molecule has 5 nitrogen and oxygen atoms in total. The molecule has 0 saturated heterocycles. The highest BCUT2D eigenvalue weighted by Crippen LogP contribution is 2.12. The van der Waals surface area contributed by atoms with Crippen LogP contribution in [0.4, 0.5) is 0 Å². The maximum Gasteiger partial charge on any atom is 0.306 e. The van der Waals surface area contributed by atoms with Gasteiger partial charge in [-0.1, -0.05) is 188 Å². The molecule has 0 amide bonds. The van der Waals surface area contributed by atoms with Crippen LogP contribution in [0.5, 0.6) is 0 Å². The maximum absolute atomic E-state index is 12.8. The van der Waals surface area contributed by atoms with E-state index in [1.807, 2.05) is 0 Å². The summed E-state index contributed by atoms with van der Waals surface area (Å²) < 4.78 is 17.3. The lowest BCUT2D eigenvalue weighted by Crippen LogP contribution is -2.30. The van der Waals surface area contributed by atoms with Gasteiger partial charge in [-0.3, -0.25) is 9.59 Å². The summed E-state index contributed by atoms with van der Waals surface area (Å²) in [6, 6.07) is 0. The molecule has 0 radical (unpaired) electrons. The molecule has 0 aromatic carbocycles. The van der Waals surface area contributed by atoms with Crippen molar-refractivity contribution in [3.63, 3.8) is 0 Å². The van der Waals surface area contributed by atoms with Crippen LogP contribution < -0.4 is 0 Å². The van der Waals surface area contributed by atoms with E-state index >= 15 is 0 Å². The van der Waals surface area contributed by atoms with Crippen LogP contribution in [0.3, 0.4) is 0 Å². The van der Waals surface area contributed by atoms with Gasteiger partial charge >= 0.3 is 11.9 Å². The topological polar surface area (TPSA) is 61.8 Å². The third-order valence-electron chi connectivity index (χ3n) is 10.3. The van der Waals surface area contributed by atoms with Gasteiger partial charge < -0.3 is 14.2 Å². The Hall–Kier alpha value is -3.44. The van der Waals surface area contributed by atoms with Crippen molar-refractivity contribution in [1.29, 1.82) is 0 Å². The van der Waals surface area contributed by atoms with E-state index in [0.717, 1.165) is 128 Å². The zero-order valence-electron chi connectivity index (χ0n) is 40.3. The normalized spacial score (nSPS) is 13.1. The van der Waals surface area contributed by atoms with Crippen molar-refractivity contribution in [2.45, 2.75) is 219 Å². The van der Waals surface area contributed by atoms with E-state index in [-0.39, 0.29) is 25.2 Å². The van der Waals surface area contributed by atoms with Gasteiger partial charge in [0, 0.05) is 19.4 Å². The molecule has 0 aromatic heterocycles. The molecule has 5 heteroatoms. The Morgan fingerprint density at radius 3 is 1.19 bits per heavy atom. The number of carbonyl (C=O) groups excluding carboxylic acids is 2. The molecule has 1 unspecified atom stereocenters. The number of carbonyl (C=O) groups is 2. The first-order chi connectivity index (χ1) is 30.6. The summed E-state index contributed by atoms with van der Waals surface area (Å²) in [5, 5.41) is 0. The number of ether oxygens (including phenoxy) is 3. The Morgan fingerprint density at radius 1 is 0.371 bits per heavy atom. The second-order valence-electron chi connectivity index (χ2n) is 16.3. The molecule has 0 aliphatic heterocycles. The van der Waals surface area contributed by atoms with E-state index in [2.05, 4.69) is 130 Å². The molecule has 0 heterocycles. The Kier molecular flexibility index (Phi) is 49.0. The molecule has 0 aromatic rings. The summed E-state index contributed by atoms with van der Waals surface area (Å²) in [7, 11) is 0. The van der Waals surface area contributed by atoms with Crippen LogP contribution >= 0.6 is 0 Å². The summed E-state index contributed by atoms with van der Waals surface area (Å²) in [6.45, 7) is 7.47. The molecule has 0 rings (SSSR count). The van der Waals surface area contributed by atoms with Gasteiger partial charge in [0.15, 0.2) is 6.10 Å². The van der Waals surface area contributed by atoms with Gasteiger partial charge in [0.05, 0.1) is 6.61 Å². The van der Waals surface area contributed by atoms with Gasteiger partial charge in [0.2, 0.25) is 0 Å². The number of rotatable bonds is 45. The first-order valence-electron chi connectivity index (χ1n) is 25.4. The lowest BCUT2D eigenvalue weighted by Gasteiger charge is -2.18. The lowest BCUT2D eigenvalue weighted by atomic mass is 10.1. The van der Waals surface area contributed by atoms with Gasteiger partial charge in [0.25, 0.3) is 0 Å². The van der Waals surface area contributed by atoms with Gasteiger partial charge in [-0.05, 0) is 122 Å². The minimum atomic E-state index is -0.572. The minimum Gasteiger partial charge on any atom is -0.462 e. The number of allylic oxidation sites excluding steroid dienone is 18. The quantitative estimate of drug-likeness (QED) is 0.0347. The van der Waals surface area contributed by atoms with Crippen LogP contribution in [-0.4, -0.2) is 37.9 Å². The standard InChI is InChI=1S/C57H94O5/c1-4-7-10-13-16-19-22-25-26-27-28-29-30-31-34-37-40-43-46-49-52-60-53-55(62-57(59)51-48-45-42-39-36-33-24-21-18-15-12-9-6-3)54-61-56(58)50-47-44-41-38-35-32-23-20-17-14-11-8-5-2/h7-8,10-11,16-17,19-21,24-26,28-29,31-32,34-35,55H,4-6,9,12-15,18,22-23,27,30,33,36-54H2,1-3H3/b10-7-,11-8-,19-16-,20-17-,24-21-,26-25-,29-28-,34-31-,35-32-. The SMILES string of the molecule is CC/C=C\C/C=C\C/C=C\C/C=C\C/C=C\CCCCCCOCC(COC(=O)CCCCC/C=C\C/C=C\C/C=C\CC)OC(=O)CCCCCCC/C=C\CCCCCC. The predicted molar refractivity (Wildman–Crippen MR) is 269 cm³/mol. The lowest BCUT2D eigenvalue weighted by molar-refractivity contribution is -0.163. The van der Waals surface area contributed by atoms with Crippen LogP contribution in [0.15, 0.2) is 109 Å². The van der Waals surface area contributed by atoms with Crippen molar-refractivity contribution >= 4 is 11.9 Å². The third-order valence-corrected chi connectivity index (χ3v) is 10.3. The van der Waals surface area contributed by atoms with Gasteiger partial charge in [-0.15, -0.1) is 0 Å². The smallest absolute Gasteiger partial charge is 0.306 e. The van der Waals surface area contributed by atoms with E-state index in [1.54, 1.807) is 0 Å². The average Bonchev–Trinajstić information content (AvgIpc) is 3.27. The molecule has 0 saturated carbocycles. The second kappa shape index (κ2) is 51.9. The number of esters is 2. The number of hydrogen-bond donors (Lipinski definition) is 0. The van der Waals surface area contributed by atoms with Crippen molar-refractivity contribution in [3.05, 3.63) is 109 Å². The Bertz CT molecular complexity index is 1250. The molecule has 62 heavy (non-hydrogen) atoms. The Morgan fingerprint density at radius 2 is 0.726 bits per heavy atom. The van der Waals surface area contributed by atoms with E-state index in [9.17, 15) is 9.59 Å². The van der Waals surface area contributed by atoms with Crippen molar-refractivity contribution in [3.8, 4) is 0 Å². The van der Waals surface area contributed by atoms with Crippen LogP contribution in [0.25, 0.3) is 0 Å². The molecule has 0 fully saturated rings. The molecule has 0 bridgehead atoms. The molecule has 0 aliphatic carbocycles. The first kappa shape index (κ1) is 58.6.